The molecule has 118 valence electrons. The second-order valence-electron chi connectivity index (χ2n) is 5.44. The topological polar surface area (TPSA) is 88.3 Å². The second-order valence-corrected chi connectivity index (χ2v) is 7.15. The summed E-state index contributed by atoms with van der Waals surface area (Å²) in [7, 11) is -3.62. The third kappa shape index (κ3) is 3.72. The van der Waals surface area contributed by atoms with Crippen LogP contribution in [-0.4, -0.2) is 31.7 Å². The highest BCUT2D eigenvalue weighted by Gasteiger charge is 2.36. The molecule has 1 aliphatic rings. The Morgan fingerprint density at radius 3 is 2.67 bits per heavy atom. The monoisotopic (exact) mass is 314 g/mol. The number of hydrogen-bond donors (Lipinski definition) is 2. The predicted molar refractivity (Wildman–Crippen MR) is 79.7 cm³/mol. The molecule has 1 atom stereocenters. The minimum absolute atomic E-state index is 0.0761. The first-order valence-electron chi connectivity index (χ1n) is 7.26. The third-order valence-electron chi connectivity index (χ3n) is 4.17. The number of aromatic amines is 1. The molecular formula is C14H22N2O4S. The molecule has 0 bridgehead atoms. The van der Waals surface area contributed by atoms with Crippen LogP contribution in [0.25, 0.3) is 0 Å². The SMILES string of the molecule is CCC1(CC)CC(NS(=O)(=O)c2ccc(=O)[nH]c2)CCO1. The van der Waals surface area contributed by atoms with Crippen molar-refractivity contribution in [3.05, 3.63) is 28.7 Å². The van der Waals surface area contributed by atoms with Gasteiger partial charge in [-0.3, -0.25) is 4.79 Å². The van der Waals surface area contributed by atoms with E-state index in [2.05, 4.69) is 23.6 Å². The summed E-state index contributed by atoms with van der Waals surface area (Å²) in [6.45, 7) is 4.67. The Hall–Kier alpha value is -1.18. The highest BCUT2D eigenvalue weighted by molar-refractivity contribution is 7.89. The van der Waals surface area contributed by atoms with E-state index in [4.69, 9.17) is 4.74 Å². The van der Waals surface area contributed by atoms with E-state index < -0.39 is 10.0 Å². The standard InChI is InChI=1S/C14H22N2O4S/c1-3-14(4-2)9-11(7-8-20-14)16-21(18,19)12-5-6-13(17)15-10-12/h5-6,10-11,16H,3-4,7-9H2,1-2H3,(H,15,17). The van der Waals surface area contributed by atoms with Gasteiger partial charge in [-0.25, -0.2) is 13.1 Å². The fourth-order valence-electron chi connectivity index (χ4n) is 2.72. The van der Waals surface area contributed by atoms with Crippen LogP contribution in [0.2, 0.25) is 0 Å². The van der Waals surface area contributed by atoms with E-state index in [-0.39, 0.29) is 22.1 Å². The van der Waals surface area contributed by atoms with Gasteiger partial charge in [0.15, 0.2) is 0 Å². The number of pyridine rings is 1. The molecule has 0 radical (unpaired) electrons. The normalized spacial score (nSPS) is 22.1. The van der Waals surface area contributed by atoms with Crippen LogP contribution in [0.15, 0.2) is 28.0 Å². The van der Waals surface area contributed by atoms with Crippen LogP contribution in [-0.2, 0) is 14.8 Å². The Morgan fingerprint density at radius 1 is 1.38 bits per heavy atom. The number of H-pyrrole nitrogens is 1. The van der Waals surface area contributed by atoms with Gasteiger partial charge in [-0.15, -0.1) is 0 Å². The molecule has 1 aromatic heterocycles. The van der Waals surface area contributed by atoms with Gasteiger partial charge in [-0.05, 0) is 31.7 Å². The van der Waals surface area contributed by atoms with Gasteiger partial charge >= 0.3 is 0 Å². The Morgan fingerprint density at radius 2 is 2.10 bits per heavy atom. The van der Waals surface area contributed by atoms with Crippen molar-refractivity contribution in [2.24, 2.45) is 0 Å². The molecule has 2 rings (SSSR count). The number of hydrogen-bond acceptors (Lipinski definition) is 4. The summed E-state index contributed by atoms with van der Waals surface area (Å²) in [5.74, 6) is 0. The molecule has 0 aromatic carbocycles. The van der Waals surface area contributed by atoms with Gasteiger partial charge < -0.3 is 9.72 Å². The molecule has 1 unspecified atom stereocenters. The Balaban J connectivity index is 2.13. The zero-order valence-corrected chi connectivity index (χ0v) is 13.2. The largest absolute Gasteiger partial charge is 0.375 e. The average molecular weight is 314 g/mol. The van der Waals surface area contributed by atoms with Crippen molar-refractivity contribution in [1.82, 2.24) is 9.71 Å². The van der Waals surface area contributed by atoms with Gasteiger partial charge in [0.2, 0.25) is 15.6 Å². The molecule has 0 amide bonds. The molecule has 0 spiro atoms. The summed E-state index contributed by atoms with van der Waals surface area (Å²) in [6, 6.07) is 2.38. The van der Waals surface area contributed by atoms with E-state index >= 15 is 0 Å². The summed E-state index contributed by atoms with van der Waals surface area (Å²) in [4.78, 5) is 13.5. The molecule has 21 heavy (non-hydrogen) atoms. The first-order valence-corrected chi connectivity index (χ1v) is 8.74. The van der Waals surface area contributed by atoms with Gasteiger partial charge in [-0.1, -0.05) is 13.8 Å². The van der Waals surface area contributed by atoms with Gasteiger partial charge in [0.25, 0.3) is 0 Å². The fraction of sp³-hybridized carbons (Fsp3) is 0.643. The lowest BCUT2D eigenvalue weighted by molar-refractivity contribution is -0.0905. The quantitative estimate of drug-likeness (QED) is 0.859. The summed E-state index contributed by atoms with van der Waals surface area (Å²) in [6.07, 6.45) is 4.27. The van der Waals surface area contributed by atoms with E-state index in [0.717, 1.165) is 12.8 Å². The van der Waals surface area contributed by atoms with Gasteiger partial charge in [0.1, 0.15) is 0 Å². The van der Waals surface area contributed by atoms with Crippen molar-refractivity contribution in [2.75, 3.05) is 6.61 Å². The minimum Gasteiger partial charge on any atom is -0.375 e. The van der Waals surface area contributed by atoms with E-state index in [1.165, 1.54) is 18.3 Å². The molecule has 2 heterocycles. The van der Waals surface area contributed by atoms with E-state index in [1.54, 1.807) is 0 Å². The molecule has 2 N–H and O–H groups in total. The lowest BCUT2D eigenvalue weighted by Gasteiger charge is -2.40. The number of sulfonamides is 1. The molecule has 1 saturated heterocycles. The van der Waals surface area contributed by atoms with Crippen molar-refractivity contribution in [2.45, 2.75) is 56.1 Å². The molecule has 6 nitrogen and oxygen atoms in total. The highest BCUT2D eigenvalue weighted by atomic mass is 32.2. The second kappa shape index (κ2) is 6.29. The van der Waals surface area contributed by atoms with Crippen LogP contribution in [0, 0.1) is 0 Å². The minimum atomic E-state index is -3.62. The number of rotatable bonds is 5. The molecule has 0 aliphatic carbocycles. The molecule has 1 aliphatic heterocycles. The third-order valence-corrected chi connectivity index (χ3v) is 5.69. The average Bonchev–Trinajstić information content (AvgIpc) is 2.47. The molecule has 1 fully saturated rings. The van der Waals surface area contributed by atoms with Crippen molar-refractivity contribution in [3.8, 4) is 0 Å². The summed E-state index contributed by atoms with van der Waals surface area (Å²) >= 11 is 0. The van der Waals surface area contributed by atoms with E-state index in [0.29, 0.717) is 19.4 Å². The number of aromatic nitrogens is 1. The van der Waals surface area contributed by atoms with Crippen LogP contribution < -0.4 is 10.3 Å². The zero-order chi connectivity index (χ0) is 15.5. The number of nitrogens with one attached hydrogen (secondary N) is 2. The van der Waals surface area contributed by atoms with Crippen molar-refractivity contribution >= 4 is 10.0 Å². The summed E-state index contributed by atoms with van der Waals surface area (Å²) in [5, 5.41) is 0. The van der Waals surface area contributed by atoms with Crippen molar-refractivity contribution in [3.63, 3.8) is 0 Å². The van der Waals surface area contributed by atoms with Crippen LogP contribution in [0.5, 0.6) is 0 Å². The van der Waals surface area contributed by atoms with Crippen LogP contribution >= 0.6 is 0 Å². The van der Waals surface area contributed by atoms with E-state index in [1.807, 2.05) is 0 Å². The zero-order valence-electron chi connectivity index (χ0n) is 12.4. The first kappa shape index (κ1) is 16.2. The summed E-state index contributed by atoms with van der Waals surface area (Å²) < 4.78 is 33.2. The Kier molecular flexibility index (Phi) is 4.85. The van der Waals surface area contributed by atoms with Crippen LogP contribution in [0.1, 0.15) is 39.5 Å². The maximum Gasteiger partial charge on any atom is 0.247 e. The van der Waals surface area contributed by atoms with Gasteiger partial charge in [0, 0.05) is 24.9 Å². The highest BCUT2D eigenvalue weighted by Crippen LogP contribution is 2.31. The lowest BCUT2D eigenvalue weighted by atomic mass is 9.86. The van der Waals surface area contributed by atoms with Crippen molar-refractivity contribution < 1.29 is 13.2 Å². The van der Waals surface area contributed by atoms with Crippen LogP contribution in [0.3, 0.4) is 0 Å². The van der Waals surface area contributed by atoms with Gasteiger partial charge in [-0.2, -0.15) is 0 Å². The Labute approximate surface area is 125 Å². The Bertz CT molecular complexity index is 614. The van der Waals surface area contributed by atoms with E-state index in [9.17, 15) is 13.2 Å². The smallest absolute Gasteiger partial charge is 0.247 e. The van der Waals surface area contributed by atoms with Gasteiger partial charge in [0.05, 0.1) is 10.5 Å². The summed E-state index contributed by atoms with van der Waals surface area (Å²) in [5.41, 5.74) is -0.563. The van der Waals surface area contributed by atoms with Crippen LogP contribution in [0.4, 0.5) is 0 Å². The first-order chi connectivity index (χ1) is 9.91. The van der Waals surface area contributed by atoms with Crippen molar-refractivity contribution in [1.29, 1.82) is 0 Å². The number of ether oxygens (including phenoxy) is 1. The maximum atomic E-state index is 12.3. The maximum absolute atomic E-state index is 12.3. The fourth-order valence-corrected chi connectivity index (χ4v) is 3.96. The predicted octanol–water partition coefficient (Wildman–Crippen LogP) is 1.39. The molecule has 7 heteroatoms. The lowest BCUT2D eigenvalue weighted by Crippen LogP contribution is -2.48. The molecular weight excluding hydrogens is 292 g/mol. The molecule has 1 aromatic rings. The molecule has 0 saturated carbocycles.